The monoisotopic (exact) mass is 295 g/mol. The lowest BCUT2D eigenvalue weighted by atomic mass is 10.1. The molecule has 2 N–H and O–H groups in total. The molecule has 0 aromatic heterocycles. The van der Waals surface area contributed by atoms with Crippen molar-refractivity contribution in [2.75, 3.05) is 20.2 Å². The summed E-state index contributed by atoms with van der Waals surface area (Å²) in [4.78, 5) is 4.54. The largest absolute Gasteiger partial charge is 0.497 e. The van der Waals surface area contributed by atoms with Crippen molar-refractivity contribution in [2.45, 2.75) is 13.5 Å². The number of ether oxygens (including phenoxy) is 1. The summed E-state index contributed by atoms with van der Waals surface area (Å²) in [6, 6.07) is 12.4. The first-order valence-corrected chi connectivity index (χ1v) is 7.29. The molecule has 0 amide bonds. The number of aliphatic imine (C=N–C) groups is 1. The number of fused-ring (bicyclic) bond motifs is 1. The van der Waals surface area contributed by atoms with Gasteiger partial charge in [0.1, 0.15) is 5.75 Å². The molecule has 0 saturated heterocycles. The minimum absolute atomic E-state index is 0.462. The maximum Gasteiger partial charge on any atom is 0.192 e. The second kappa shape index (κ2) is 7.94. The zero-order valence-electron chi connectivity index (χ0n) is 13.0. The van der Waals surface area contributed by atoms with Gasteiger partial charge < -0.3 is 15.4 Å². The van der Waals surface area contributed by atoms with E-state index in [0.717, 1.165) is 29.2 Å². The molecule has 22 heavy (non-hydrogen) atoms. The lowest BCUT2D eigenvalue weighted by molar-refractivity contribution is 0.415. The third-order valence-corrected chi connectivity index (χ3v) is 3.23. The normalized spacial score (nSPS) is 11.0. The average molecular weight is 295 g/mol. The summed E-state index contributed by atoms with van der Waals surface area (Å²) in [6.45, 7) is 3.88. The average Bonchev–Trinajstić information content (AvgIpc) is 2.56. The highest BCUT2D eigenvalue weighted by molar-refractivity contribution is 5.84. The summed E-state index contributed by atoms with van der Waals surface area (Å²) < 4.78 is 5.24. The smallest absolute Gasteiger partial charge is 0.192 e. The van der Waals surface area contributed by atoms with E-state index in [1.807, 2.05) is 19.1 Å². The van der Waals surface area contributed by atoms with Gasteiger partial charge in [0.2, 0.25) is 0 Å². The molecule has 0 fully saturated rings. The highest BCUT2D eigenvalue weighted by Crippen LogP contribution is 2.22. The molecule has 2 aromatic carbocycles. The van der Waals surface area contributed by atoms with Gasteiger partial charge in [0.25, 0.3) is 0 Å². The Morgan fingerprint density at radius 3 is 2.68 bits per heavy atom. The summed E-state index contributed by atoms with van der Waals surface area (Å²) in [5.74, 6) is 4.14. The Kier molecular flexibility index (Phi) is 5.67. The van der Waals surface area contributed by atoms with E-state index in [1.54, 1.807) is 7.11 Å². The van der Waals surface area contributed by atoms with Crippen molar-refractivity contribution < 1.29 is 4.74 Å². The third kappa shape index (κ3) is 4.16. The van der Waals surface area contributed by atoms with Crippen LogP contribution >= 0.6 is 0 Å². The molecule has 0 atom stereocenters. The van der Waals surface area contributed by atoms with Crippen molar-refractivity contribution in [2.24, 2.45) is 4.99 Å². The molecule has 0 aliphatic rings. The number of nitrogens with one attached hydrogen (secondary N) is 2. The Morgan fingerprint density at radius 1 is 1.18 bits per heavy atom. The van der Waals surface area contributed by atoms with Gasteiger partial charge in [0.05, 0.1) is 20.2 Å². The van der Waals surface area contributed by atoms with Crippen molar-refractivity contribution in [1.29, 1.82) is 0 Å². The van der Waals surface area contributed by atoms with Gasteiger partial charge in [-0.1, -0.05) is 24.1 Å². The Morgan fingerprint density at radius 2 is 1.95 bits per heavy atom. The number of hydrogen-bond donors (Lipinski definition) is 2. The first-order chi connectivity index (χ1) is 10.8. The van der Waals surface area contributed by atoms with Gasteiger partial charge in [-0.05, 0) is 41.5 Å². The van der Waals surface area contributed by atoms with Crippen LogP contribution in [0.3, 0.4) is 0 Å². The first-order valence-electron chi connectivity index (χ1n) is 7.29. The van der Waals surface area contributed by atoms with E-state index in [0.29, 0.717) is 13.1 Å². The molecule has 0 radical (unpaired) electrons. The summed E-state index contributed by atoms with van der Waals surface area (Å²) in [5, 5.41) is 8.58. The number of hydrogen-bond acceptors (Lipinski definition) is 2. The zero-order valence-corrected chi connectivity index (χ0v) is 13.0. The molecule has 114 valence electrons. The fourth-order valence-electron chi connectivity index (χ4n) is 2.15. The minimum atomic E-state index is 0.462. The lowest BCUT2D eigenvalue weighted by Crippen LogP contribution is -2.37. The van der Waals surface area contributed by atoms with Crippen LogP contribution in [0.25, 0.3) is 10.8 Å². The fourth-order valence-corrected chi connectivity index (χ4v) is 2.15. The molecule has 4 heteroatoms. The number of benzene rings is 2. The molecular weight excluding hydrogens is 274 g/mol. The number of nitrogens with zero attached hydrogens (tertiary/aromatic N) is 1. The fraction of sp³-hybridized carbons (Fsp3) is 0.278. The molecule has 0 aliphatic heterocycles. The molecule has 4 nitrogen and oxygen atoms in total. The van der Waals surface area contributed by atoms with Crippen LogP contribution in [-0.4, -0.2) is 26.2 Å². The van der Waals surface area contributed by atoms with Gasteiger partial charge >= 0.3 is 0 Å². The van der Waals surface area contributed by atoms with Crippen molar-refractivity contribution >= 4 is 16.7 Å². The maximum absolute atomic E-state index is 5.26. The topological polar surface area (TPSA) is 45.7 Å². The van der Waals surface area contributed by atoms with Gasteiger partial charge in [0.15, 0.2) is 5.96 Å². The minimum Gasteiger partial charge on any atom is -0.497 e. The Hall–Kier alpha value is -2.67. The van der Waals surface area contributed by atoms with Gasteiger partial charge in [-0.2, -0.15) is 0 Å². The Balaban J connectivity index is 2.15. The second-order valence-corrected chi connectivity index (χ2v) is 4.80. The summed E-state index contributed by atoms with van der Waals surface area (Å²) in [5.41, 5.74) is 1.15. The van der Waals surface area contributed by atoms with E-state index < -0.39 is 0 Å². The molecule has 2 aromatic rings. The van der Waals surface area contributed by atoms with Crippen LogP contribution in [-0.2, 0) is 6.54 Å². The van der Waals surface area contributed by atoms with Crippen LogP contribution < -0.4 is 15.4 Å². The molecule has 0 heterocycles. The van der Waals surface area contributed by atoms with Gasteiger partial charge in [-0.3, -0.25) is 0 Å². The van der Waals surface area contributed by atoms with E-state index in [-0.39, 0.29) is 0 Å². The molecule has 0 spiro atoms. The molecule has 0 bridgehead atoms. The molecular formula is C18H21N3O. The third-order valence-electron chi connectivity index (χ3n) is 3.23. The molecule has 0 unspecified atom stereocenters. The molecule has 0 saturated carbocycles. The van der Waals surface area contributed by atoms with Crippen LogP contribution in [0.15, 0.2) is 41.4 Å². The highest BCUT2D eigenvalue weighted by atomic mass is 16.5. The van der Waals surface area contributed by atoms with Gasteiger partial charge in [0, 0.05) is 6.54 Å². The predicted octanol–water partition coefficient (Wildman–Crippen LogP) is 2.54. The van der Waals surface area contributed by atoms with Crippen molar-refractivity contribution in [3.63, 3.8) is 0 Å². The van der Waals surface area contributed by atoms with E-state index in [2.05, 4.69) is 45.8 Å². The SMILES string of the molecule is C#CCNC(=NCc1ccc2cc(OC)ccc2c1)NCC. The number of terminal acetylenes is 1. The number of rotatable bonds is 5. The van der Waals surface area contributed by atoms with E-state index in [1.165, 1.54) is 5.39 Å². The van der Waals surface area contributed by atoms with Gasteiger partial charge in [-0.15, -0.1) is 6.42 Å². The number of guanidine groups is 1. The van der Waals surface area contributed by atoms with Crippen LogP contribution in [0, 0.1) is 12.3 Å². The lowest BCUT2D eigenvalue weighted by Gasteiger charge is -2.09. The van der Waals surface area contributed by atoms with Crippen molar-refractivity contribution in [1.82, 2.24) is 10.6 Å². The molecule has 0 aliphatic carbocycles. The molecule has 2 rings (SSSR count). The summed E-state index contributed by atoms with van der Waals surface area (Å²) in [6.07, 6.45) is 5.26. The highest BCUT2D eigenvalue weighted by Gasteiger charge is 2.00. The van der Waals surface area contributed by atoms with Crippen molar-refractivity contribution in [3.8, 4) is 18.1 Å². The predicted molar refractivity (Wildman–Crippen MR) is 92.2 cm³/mol. The quantitative estimate of drug-likeness (QED) is 0.506. The van der Waals surface area contributed by atoms with E-state index in [9.17, 15) is 0 Å². The zero-order chi connectivity index (χ0) is 15.8. The summed E-state index contributed by atoms with van der Waals surface area (Å²) in [7, 11) is 1.68. The number of methoxy groups -OCH3 is 1. The van der Waals surface area contributed by atoms with E-state index in [4.69, 9.17) is 11.2 Å². The summed E-state index contributed by atoms with van der Waals surface area (Å²) >= 11 is 0. The van der Waals surface area contributed by atoms with Crippen LogP contribution in [0.4, 0.5) is 0 Å². The standard InChI is InChI=1S/C18H21N3O/c1-4-10-20-18(19-5-2)21-13-14-6-7-16-12-17(22-3)9-8-15(16)11-14/h1,6-9,11-12H,5,10,13H2,2-3H3,(H2,19,20,21). The Labute approximate surface area is 131 Å². The van der Waals surface area contributed by atoms with E-state index >= 15 is 0 Å². The van der Waals surface area contributed by atoms with Crippen LogP contribution in [0.5, 0.6) is 5.75 Å². The van der Waals surface area contributed by atoms with Crippen LogP contribution in [0.2, 0.25) is 0 Å². The maximum atomic E-state index is 5.26. The Bertz CT molecular complexity index is 701. The van der Waals surface area contributed by atoms with Crippen molar-refractivity contribution in [3.05, 3.63) is 42.0 Å². The van der Waals surface area contributed by atoms with Gasteiger partial charge in [-0.25, -0.2) is 4.99 Å². The second-order valence-electron chi connectivity index (χ2n) is 4.80. The van der Waals surface area contributed by atoms with Crippen LogP contribution in [0.1, 0.15) is 12.5 Å². The first kappa shape index (κ1) is 15.7.